The molecular formula is C21H30O5. The maximum Gasteiger partial charge on any atom is 0.310 e. The predicted octanol–water partition coefficient (Wildman–Crippen LogP) is 4.59. The summed E-state index contributed by atoms with van der Waals surface area (Å²) in [5, 5.41) is 0. The molecule has 0 radical (unpaired) electrons. The van der Waals surface area contributed by atoms with E-state index in [1.807, 2.05) is 32.9 Å². The smallest absolute Gasteiger partial charge is 0.310 e. The van der Waals surface area contributed by atoms with E-state index in [1.165, 1.54) is 6.42 Å². The van der Waals surface area contributed by atoms with Crippen molar-refractivity contribution < 1.29 is 23.8 Å². The highest BCUT2D eigenvalue weighted by molar-refractivity contribution is 5.75. The maximum absolute atomic E-state index is 12.6. The molecule has 144 valence electrons. The summed E-state index contributed by atoms with van der Waals surface area (Å²) < 4.78 is 16.3. The highest BCUT2D eigenvalue weighted by Gasteiger charge is 2.29. The summed E-state index contributed by atoms with van der Waals surface area (Å²) in [5.41, 5.74) is 0.190. The van der Waals surface area contributed by atoms with E-state index in [-0.39, 0.29) is 24.3 Å². The number of methoxy groups -OCH3 is 1. The zero-order valence-corrected chi connectivity index (χ0v) is 16.2. The second-order valence-corrected chi connectivity index (χ2v) is 7.82. The van der Waals surface area contributed by atoms with Crippen LogP contribution in [-0.2, 0) is 19.1 Å². The average Bonchev–Trinajstić information content (AvgIpc) is 2.60. The zero-order valence-electron chi connectivity index (χ0n) is 16.2. The third kappa shape index (κ3) is 6.36. The first kappa shape index (κ1) is 20.3. The molecule has 5 nitrogen and oxygen atoms in total. The van der Waals surface area contributed by atoms with Crippen LogP contribution in [0.25, 0.3) is 0 Å². The number of hydrogen-bond acceptors (Lipinski definition) is 5. The number of rotatable bonds is 6. The summed E-state index contributed by atoms with van der Waals surface area (Å²) in [6.45, 7) is 5.46. The van der Waals surface area contributed by atoms with Gasteiger partial charge in [-0.1, -0.05) is 31.4 Å². The quantitative estimate of drug-likeness (QED) is 0.693. The number of ether oxygens (including phenoxy) is 3. The van der Waals surface area contributed by atoms with E-state index >= 15 is 0 Å². The molecule has 5 heteroatoms. The molecule has 1 aliphatic rings. The standard InChI is InChI=1S/C21H30O5/c1-21(2,3)26-19(22)14-18(15-10-12-17(24-4)13-11-15)25-20(23)16-8-6-5-7-9-16/h10-13,16,18H,5-9,14H2,1-4H3/t18-/m1/s1. The Hall–Kier alpha value is -2.04. The molecule has 0 unspecified atom stereocenters. The van der Waals surface area contributed by atoms with Gasteiger partial charge >= 0.3 is 11.9 Å². The molecule has 1 aromatic rings. The van der Waals surface area contributed by atoms with E-state index in [0.717, 1.165) is 31.2 Å². The third-order valence-electron chi connectivity index (χ3n) is 4.46. The molecule has 1 atom stereocenters. The molecule has 0 saturated heterocycles. The van der Waals surface area contributed by atoms with Gasteiger partial charge in [-0.2, -0.15) is 0 Å². The molecule has 0 bridgehead atoms. The van der Waals surface area contributed by atoms with E-state index in [0.29, 0.717) is 5.75 Å². The molecule has 2 rings (SSSR count). The summed E-state index contributed by atoms with van der Waals surface area (Å²) >= 11 is 0. The highest BCUT2D eigenvalue weighted by atomic mass is 16.6. The largest absolute Gasteiger partial charge is 0.497 e. The molecule has 26 heavy (non-hydrogen) atoms. The van der Waals surface area contributed by atoms with Crippen molar-refractivity contribution in [3.8, 4) is 5.75 Å². The van der Waals surface area contributed by atoms with Gasteiger partial charge in [0.1, 0.15) is 17.5 Å². The summed E-state index contributed by atoms with van der Waals surface area (Å²) in [7, 11) is 1.59. The first-order valence-corrected chi connectivity index (χ1v) is 9.35. The first-order chi connectivity index (χ1) is 12.3. The van der Waals surface area contributed by atoms with Gasteiger partial charge in [-0.25, -0.2) is 0 Å². The number of esters is 2. The molecule has 0 amide bonds. The fourth-order valence-electron chi connectivity index (χ4n) is 3.16. The topological polar surface area (TPSA) is 61.8 Å². The summed E-state index contributed by atoms with van der Waals surface area (Å²) in [5.74, 6) is 0.0512. The van der Waals surface area contributed by atoms with E-state index in [2.05, 4.69) is 0 Å². The van der Waals surface area contributed by atoms with E-state index in [4.69, 9.17) is 14.2 Å². The van der Waals surface area contributed by atoms with Gasteiger partial charge in [0.25, 0.3) is 0 Å². The Morgan fingerprint density at radius 1 is 1.08 bits per heavy atom. The van der Waals surface area contributed by atoms with Gasteiger partial charge in [-0.15, -0.1) is 0 Å². The van der Waals surface area contributed by atoms with E-state index in [9.17, 15) is 9.59 Å². The van der Waals surface area contributed by atoms with Crippen LogP contribution in [-0.4, -0.2) is 24.6 Å². The normalized spacial score (nSPS) is 16.6. The van der Waals surface area contributed by atoms with Crippen LogP contribution in [0.15, 0.2) is 24.3 Å². The van der Waals surface area contributed by atoms with Crippen LogP contribution >= 0.6 is 0 Å². The third-order valence-corrected chi connectivity index (χ3v) is 4.46. The Labute approximate surface area is 156 Å². The second-order valence-electron chi connectivity index (χ2n) is 7.82. The fourth-order valence-corrected chi connectivity index (χ4v) is 3.16. The molecule has 1 fully saturated rings. The molecule has 1 aromatic carbocycles. The molecule has 1 aliphatic carbocycles. The van der Waals surface area contributed by atoms with Crippen molar-refractivity contribution in [3.63, 3.8) is 0 Å². The van der Waals surface area contributed by atoms with Gasteiger partial charge in [0, 0.05) is 0 Å². The van der Waals surface area contributed by atoms with Gasteiger partial charge in [-0.05, 0) is 51.3 Å². The molecular weight excluding hydrogens is 332 g/mol. The number of benzene rings is 1. The van der Waals surface area contributed by atoms with Crippen molar-refractivity contribution in [3.05, 3.63) is 29.8 Å². The summed E-state index contributed by atoms with van der Waals surface area (Å²) in [6, 6.07) is 7.24. The van der Waals surface area contributed by atoms with Crippen molar-refractivity contribution >= 4 is 11.9 Å². The first-order valence-electron chi connectivity index (χ1n) is 9.35. The van der Waals surface area contributed by atoms with E-state index < -0.39 is 11.7 Å². The van der Waals surface area contributed by atoms with E-state index in [1.54, 1.807) is 19.2 Å². The van der Waals surface area contributed by atoms with Gasteiger partial charge in [-0.3, -0.25) is 9.59 Å². The fraction of sp³-hybridized carbons (Fsp3) is 0.619. The van der Waals surface area contributed by atoms with Gasteiger partial charge < -0.3 is 14.2 Å². The minimum Gasteiger partial charge on any atom is -0.497 e. The molecule has 0 spiro atoms. The van der Waals surface area contributed by atoms with Gasteiger partial charge in [0.05, 0.1) is 19.4 Å². The number of carbonyl (C=O) groups excluding carboxylic acids is 2. The lowest BCUT2D eigenvalue weighted by Crippen LogP contribution is -2.27. The average molecular weight is 362 g/mol. The predicted molar refractivity (Wildman–Crippen MR) is 98.9 cm³/mol. The van der Waals surface area contributed by atoms with Crippen LogP contribution in [0, 0.1) is 5.92 Å². The van der Waals surface area contributed by atoms with Crippen molar-refractivity contribution in [2.45, 2.75) is 71.0 Å². The highest BCUT2D eigenvalue weighted by Crippen LogP contribution is 2.30. The minimum atomic E-state index is -0.648. The lowest BCUT2D eigenvalue weighted by molar-refractivity contribution is -0.164. The van der Waals surface area contributed by atoms with Crippen molar-refractivity contribution in [2.24, 2.45) is 5.92 Å². The Morgan fingerprint density at radius 3 is 2.23 bits per heavy atom. The SMILES string of the molecule is COc1ccc([C@@H](CC(=O)OC(C)(C)C)OC(=O)C2CCCCC2)cc1. The Balaban J connectivity index is 2.11. The molecule has 0 aliphatic heterocycles. The van der Waals surface area contributed by atoms with Crippen LogP contribution in [0.5, 0.6) is 5.75 Å². The van der Waals surface area contributed by atoms with Gasteiger partial charge in [0.2, 0.25) is 0 Å². The van der Waals surface area contributed by atoms with Gasteiger partial charge in [0.15, 0.2) is 0 Å². The second kappa shape index (κ2) is 9.06. The minimum absolute atomic E-state index is 0.00204. The lowest BCUT2D eigenvalue weighted by Gasteiger charge is -2.25. The number of carbonyl (C=O) groups is 2. The van der Waals surface area contributed by atoms with Crippen molar-refractivity contribution in [1.82, 2.24) is 0 Å². The van der Waals surface area contributed by atoms with Crippen LogP contribution in [0.3, 0.4) is 0 Å². The maximum atomic E-state index is 12.6. The van der Waals surface area contributed by atoms with Crippen molar-refractivity contribution in [2.75, 3.05) is 7.11 Å². The van der Waals surface area contributed by atoms with Crippen LogP contribution in [0.2, 0.25) is 0 Å². The molecule has 0 heterocycles. The molecule has 0 N–H and O–H groups in total. The summed E-state index contributed by atoms with van der Waals surface area (Å²) in [6.07, 6.45) is 4.36. The van der Waals surface area contributed by atoms with Crippen molar-refractivity contribution in [1.29, 1.82) is 0 Å². The summed E-state index contributed by atoms with van der Waals surface area (Å²) in [4.78, 5) is 24.9. The monoisotopic (exact) mass is 362 g/mol. The lowest BCUT2D eigenvalue weighted by atomic mass is 9.89. The number of hydrogen-bond donors (Lipinski definition) is 0. The zero-order chi connectivity index (χ0) is 19.2. The Kier molecular flexibility index (Phi) is 7.06. The van der Waals surface area contributed by atoms with Crippen LogP contribution in [0.4, 0.5) is 0 Å². The molecule has 1 saturated carbocycles. The molecule has 0 aromatic heterocycles. The van der Waals surface area contributed by atoms with Crippen LogP contribution < -0.4 is 4.74 Å². The Bertz CT molecular complexity index is 594. The Morgan fingerprint density at radius 2 is 1.69 bits per heavy atom. The van der Waals surface area contributed by atoms with Crippen LogP contribution in [0.1, 0.15) is 71.0 Å².